The Morgan fingerprint density at radius 2 is 2.22 bits per heavy atom. The number of nitrogens with one attached hydrogen (secondary N) is 1. The van der Waals surface area contributed by atoms with E-state index in [1.165, 1.54) is 13.2 Å². The Morgan fingerprint density at radius 1 is 1.41 bits per heavy atom. The summed E-state index contributed by atoms with van der Waals surface area (Å²) in [6.45, 7) is 6.83. The summed E-state index contributed by atoms with van der Waals surface area (Å²) in [4.78, 5) is 39.1. The highest BCUT2D eigenvalue weighted by Crippen LogP contribution is 2.48. The normalized spacial score (nSPS) is 22.5. The number of ether oxygens (including phenoxy) is 1. The molecule has 0 radical (unpaired) electrons. The molecule has 10 heteroatoms. The summed E-state index contributed by atoms with van der Waals surface area (Å²) in [5, 5.41) is 13.2. The minimum absolute atomic E-state index is 0.0927. The molecule has 1 aromatic heterocycles. The monoisotopic (exact) mass is 520 g/mol. The van der Waals surface area contributed by atoms with Gasteiger partial charge in [0.25, 0.3) is 0 Å². The second-order valence-corrected chi connectivity index (χ2v) is 10.2. The standard InChI is InChI=1S/C27H29ClN6O3/c1-4-21(35)34-13-12-33(15-17(34)9-11-29)24-23-20(30-26(32-24)37-3)14-27(25(36)31-23)10-5-6-18-19(27)8-7-16(2)22(18)28/h4,7-8,17H,1,5-6,9-10,12-15H2,2-3H3,(H,31,36). The fraction of sp³-hybridized carbons (Fsp3) is 0.444. The first-order valence-corrected chi connectivity index (χ1v) is 12.8. The van der Waals surface area contributed by atoms with Gasteiger partial charge in [-0.05, 0) is 49.0 Å². The first kappa shape index (κ1) is 25.0. The van der Waals surface area contributed by atoms with Crippen LogP contribution in [0.25, 0.3) is 0 Å². The van der Waals surface area contributed by atoms with Crippen molar-refractivity contribution in [1.29, 1.82) is 5.26 Å². The number of anilines is 2. The average molecular weight is 521 g/mol. The van der Waals surface area contributed by atoms with Gasteiger partial charge >= 0.3 is 6.01 Å². The van der Waals surface area contributed by atoms with Crippen molar-refractivity contribution in [3.05, 3.63) is 52.2 Å². The number of hydrogen-bond acceptors (Lipinski definition) is 7. The van der Waals surface area contributed by atoms with E-state index in [9.17, 15) is 14.9 Å². The largest absolute Gasteiger partial charge is 0.467 e. The lowest BCUT2D eigenvalue weighted by atomic mass is 9.65. The smallest absolute Gasteiger partial charge is 0.318 e. The number of nitriles is 1. The average Bonchev–Trinajstić information content (AvgIpc) is 2.91. The highest BCUT2D eigenvalue weighted by molar-refractivity contribution is 6.32. The van der Waals surface area contributed by atoms with E-state index in [0.29, 0.717) is 49.7 Å². The van der Waals surface area contributed by atoms with Crippen LogP contribution in [0, 0.1) is 18.3 Å². The van der Waals surface area contributed by atoms with Crippen molar-refractivity contribution in [2.45, 2.75) is 50.5 Å². The van der Waals surface area contributed by atoms with Gasteiger partial charge in [0.1, 0.15) is 5.69 Å². The van der Waals surface area contributed by atoms with Gasteiger partial charge in [-0.1, -0.05) is 30.3 Å². The first-order chi connectivity index (χ1) is 17.8. The van der Waals surface area contributed by atoms with E-state index >= 15 is 0 Å². The van der Waals surface area contributed by atoms with Gasteiger partial charge in [-0.2, -0.15) is 15.2 Å². The van der Waals surface area contributed by atoms with Crippen LogP contribution in [0.5, 0.6) is 6.01 Å². The lowest BCUT2D eigenvalue weighted by Crippen LogP contribution is -2.55. The molecule has 5 rings (SSSR count). The number of hydrogen-bond donors (Lipinski definition) is 1. The maximum Gasteiger partial charge on any atom is 0.318 e. The molecule has 2 atom stereocenters. The van der Waals surface area contributed by atoms with Crippen molar-refractivity contribution in [2.24, 2.45) is 0 Å². The van der Waals surface area contributed by atoms with E-state index in [1.807, 2.05) is 24.0 Å². The van der Waals surface area contributed by atoms with Crippen LogP contribution < -0.4 is 15.0 Å². The molecule has 3 heterocycles. The lowest BCUT2D eigenvalue weighted by Gasteiger charge is -2.44. The quantitative estimate of drug-likeness (QED) is 0.615. The lowest BCUT2D eigenvalue weighted by molar-refractivity contribution is -0.128. The Morgan fingerprint density at radius 3 is 2.95 bits per heavy atom. The zero-order chi connectivity index (χ0) is 26.3. The first-order valence-electron chi connectivity index (χ1n) is 12.4. The van der Waals surface area contributed by atoms with Gasteiger partial charge in [0, 0.05) is 31.1 Å². The van der Waals surface area contributed by atoms with E-state index in [0.717, 1.165) is 34.6 Å². The number of nitrogens with zero attached hydrogens (tertiary/aromatic N) is 5. The molecule has 1 saturated heterocycles. The molecular formula is C27H29ClN6O3. The molecule has 192 valence electrons. The number of carbonyl (C=O) groups excluding carboxylic acids is 2. The number of rotatable bonds is 4. The Balaban J connectivity index is 1.55. The topological polar surface area (TPSA) is 111 Å². The third kappa shape index (κ3) is 4.09. The minimum Gasteiger partial charge on any atom is -0.467 e. The van der Waals surface area contributed by atoms with Gasteiger partial charge in [0.15, 0.2) is 5.82 Å². The summed E-state index contributed by atoms with van der Waals surface area (Å²) in [5.41, 5.74) is 3.49. The molecule has 1 aromatic carbocycles. The number of aryl methyl sites for hydroxylation is 1. The van der Waals surface area contributed by atoms with E-state index in [4.69, 9.17) is 16.3 Å². The molecule has 1 spiro atoms. The maximum absolute atomic E-state index is 13.9. The molecule has 2 aromatic rings. The van der Waals surface area contributed by atoms with Crippen LogP contribution >= 0.6 is 11.6 Å². The van der Waals surface area contributed by atoms with Crippen LogP contribution in [0.4, 0.5) is 11.5 Å². The summed E-state index contributed by atoms with van der Waals surface area (Å²) in [5.74, 6) is 0.240. The zero-order valence-electron chi connectivity index (χ0n) is 21.0. The van der Waals surface area contributed by atoms with Crippen molar-refractivity contribution in [3.8, 4) is 12.1 Å². The molecule has 3 aliphatic rings. The van der Waals surface area contributed by atoms with Crippen LogP contribution in [-0.4, -0.2) is 59.5 Å². The van der Waals surface area contributed by atoms with Crippen LogP contribution in [0.2, 0.25) is 5.02 Å². The van der Waals surface area contributed by atoms with Crippen LogP contribution in [0.3, 0.4) is 0 Å². The highest BCUT2D eigenvalue weighted by atomic mass is 35.5. The second kappa shape index (κ2) is 9.67. The third-order valence-electron chi connectivity index (χ3n) is 7.82. The molecule has 0 bridgehead atoms. The summed E-state index contributed by atoms with van der Waals surface area (Å²) >= 11 is 6.68. The summed E-state index contributed by atoms with van der Waals surface area (Å²) in [6.07, 6.45) is 4.23. The predicted octanol–water partition coefficient (Wildman–Crippen LogP) is 3.33. The van der Waals surface area contributed by atoms with E-state index in [2.05, 4.69) is 27.9 Å². The van der Waals surface area contributed by atoms with E-state index in [1.54, 1.807) is 4.90 Å². The number of benzene rings is 1. The minimum atomic E-state index is -0.771. The van der Waals surface area contributed by atoms with Gasteiger partial charge in [-0.25, -0.2) is 0 Å². The highest BCUT2D eigenvalue weighted by Gasteiger charge is 2.48. The molecule has 1 N–H and O–H groups in total. The molecule has 2 aliphatic heterocycles. The van der Waals surface area contributed by atoms with Gasteiger partial charge in [-0.15, -0.1) is 0 Å². The van der Waals surface area contributed by atoms with Gasteiger partial charge in [-0.3, -0.25) is 9.59 Å². The van der Waals surface area contributed by atoms with E-state index < -0.39 is 5.41 Å². The van der Waals surface area contributed by atoms with Crippen molar-refractivity contribution in [2.75, 3.05) is 37.0 Å². The molecule has 2 amide bonds. The maximum atomic E-state index is 13.9. The Labute approximate surface area is 221 Å². The molecule has 0 saturated carbocycles. The number of fused-ring (bicyclic) bond motifs is 3. The Kier molecular flexibility index (Phi) is 6.54. The summed E-state index contributed by atoms with van der Waals surface area (Å²) < 4.78 is 5.46. The second-order valence-electron chi connectivity index (χ2n) is 9.84. The predicted molar refractivity (Wildman–Crippen MR) is 140 cm³/mol. The van der Waals surface area contributed by atoms with Crippen LogP contribution in [0.1, 0.15) is 41.6 Å². The van der Waals surface area contributed by atoms with Crippen LogP contribution in [-0.2, 0) is 27.8 Å². The Hall–Kier alpha value is -3.64. The molecular weight excluding hydrogens is 492 g/mol. The van der Waals surface area contributed by atoms with Gasteiger partial charge < -0.3 is 19.9 Å². The van der Waals surface area contributed by atoms with Crippen molar-refractivity contribution in [3.63, 3.8) is 0 Å². The molecule has 2 unspecified atom stereocenters. The third-order valence-corrected chi connectivity index (χ3v) is 8.34. The van der Waals surface area contributed by atoms with Crippen molar-refractivity contribution < 1.29 is 14.3 Å². The fourth-order valence-electron chi connectivity index (χ4n) is 5.93. The summed E-state index contributed by atoms with van der Waals surface area (Å²) in [7, 11) is 1.51. The number of halogens is 1. The molecule has 9 nitrogen and oxygen atoms in total. The molecule has 1 aliphatic carbocycles. The van der Waals surface area contributed by atoms with Crippen molar-refractivity contribution >= 4 is 34.9 Å². The molecule has 37 heavy (non-hydrogen) atoms. The van der Waals surface area contributed by atoms with Crippen molar-refractivity contribution in [1.82, 2.24) is 14.9 Å². The fourth-order valence-corrected chi connectivity index (χ4v) is 6.19. The number of methoxy groups -OCH3 is 1. The zero-order valence-corrected chi connectivity index (χ0v) is 21.8. The number of carbonyl (C=O) groups is 2. The number of aromatic nitrogens is 2. The Bertz CT molecular complexity index is 1340. The summed E-state index contributed by atoms with van der Waals surface area (Å²) in [6, 6.07) is 6.05. The number of piperazine rings is 1. The van der Waals surface area contributed by atoms with Gasteiger partial charge in [0.05, 0.1) is 36.8 Å². The van der Waals surface area contributed by atoms with E-state index in [-0.39, 0.29) is 30.3 Å². The van der Waals surface area contributed by atoms with Crippen LogP contribution in [0.15, 0.2) is 24.8 Å². The SMILES string of the molecule is C=CC(=O)N1CCN(c2nc(OC)nc3c2NC(=O)C2(CCCc4c2ccc(C)c4Cl)C3)CC1CC#N. The number of amides is 2. The molecule has 1 fully saturated rings. The van der Waals surface area contributed by atoms with Gasteiger partial charge in [0.2, 0.25) is 11.8 Å².